The predicted molar refractivity (Wildman–Crippen MR) is 85.5 cm³/mol. The summed E-state index contributed by atoms with van der Waals surface area (Å²) < 4.78 is 33.6. The minimum Gasteiger partial charge on any atom is -0.385 e. The summed E-state index contributed by atoms with van der Waals surface area (Å²) in [5.74, 6) is 0. The third-order valence-electron chi connectivity index (χ3n) is 3.89. The van der Waals surface area contributed by atoms with Gasteiger partial charge in [-0.15, -0.1) is 0 Å². The molecule has 0 aromatic heterocycles. The first-order valence-corrected chi connectivity index (χ1v) is 9.36. The molecule has 0 bridgehead atoms. The van der Waals surface area contributed by atoms with E-state index in [0.717, 1.165) is 45.2 Å². The van der Waals surface area contributed by atoms with Gasteiger partial charge < -0.3 is 10.1 Å². The van der Waals surface area contributed by atoms with Crippen molar-refractivity contribution in [2.75, 3.05) is 46.9 Å². The first-order chi connectivity index (χ1) is 10.0. The fourth-order valence-electron chi connectivity index (χ4n) is 2.65. The highest BCUT2D eigenvalue weighted by Crippen LogP contribution is 2.21. The van der Waals surface area contributed by atoms with Gasteiger partial charge in [0.05, 0.1) is 0 Å². The Bertz CT molecular complexity index is 376. The van der Waals surface area contributed by atoms with Crippen LogP contribution >= 0.6 is 0 Å². The second-order valence-electron chi connectivity index (χ2n) is 5.64. The molecule has 6 nitrogen and oxygen atoms in total. The van der Waals surface area contributed by atoms with Crippen molar-refractivity contribution in [3.63, 3.8) is 0 Å². The Morgan fingerprint density at radius 1 is 1.38 bits per heavy atom. The molecule has 0 saturated carbocycles. The third-order valence-corrected chi connectivity index (χ3v) is 5.94. The van der Waals surface area contributed by atoms with Gasteiger partial charge in [0.25, 0.3) is 10.2 Å². The van der Waals surface area contributed by atoms with E-state index >= 15 is 0 Å². The Morgan fingerprint density at radius 3 is 2.81 bits per heavy atom. The molecule has 126 valence electrons. The van der Waals surface area contributed by atoms with E-state index in [1.807, 2.05) is 0 Å². The molecule has 1 atom stereocenters. The SMILES string of the molecule is CCCNCC1CCCCN1S(=O)(=O)N(C)CCCOC. The Morgan fingerprint density at radius 2 is 2.14 bits per heavy atom. The maximum atomic E-state index is 12.7. The van der Waals surface area contributed by atoms with Gasteiger partial charge in [0.15, 0.2) is 0 Å². The highest BCUT2D eigenvalue weighted by Gasteiger charge is 2.34. The van der Waals surface area contributed by atoms with Crippen molar-refractivity contribution >= 4 is 10.2 Å². The number of piperidine rings is 1. The fourth-order valence-corrected chi connectivity index (χ4v) is 4.29. The number of nitrogens with one attached hydrogen (secondary N) is 1. The standard InChI is InChI=1S/C14H31N3O3S/c1-4-9-15-13-14-8-5-6-11-17(14)21(18,19)16(2)10-7-12-20-3/h14-15H,4-13H2,1-3H3. The van der Waals surface area contributed by atoms with Crippen LogP contribution in [-0.2, 0) is 14.9 Å². The molecule has 0 aliphatic carbocycles. The van der Waals surface area contributed by atoms with Crippen LogP contribution in [0.5, 0.6) is 0 Å². The molecule has 0 spiro atoms. The van der Waals surface area contributed by atoms with E-state index in [9.17, 15) is 8.42 Å². The Hall–Kier alpha value is -0.210. The molecular weight excluding hydrogens is 290 g/mol. The molecular formula is C14H31N3O3S. The van der Waals surface area contributed by atoms with Crippen LogP contribution in [0, 0.1) is 0 Å². The smallest absolute Gasteiger partial charge is 0.282 e. The van der Waals surface area contributed by atoms with E-state index in [0.29, 0.717) is 19.7 Å². The van der Waals surface area contributed by atoms with Crippen LogP contribution in [0.4, 0.5) is 0 Å². The van der Waals surface area contributed by atoms with E-state index in [4.69, 9.17) is 4.74 Å². The van der Waals surface area contributed by atoms with Crippen LogP contribution in [0.15, 0.2) is 0 Å². The second-order valence-corrected chi connectivity index (χ2v) is 7.63. The molecule has 1 fully saturated rings. The van der Waals surface area contributed by atoms with Crippen molar-refractivity contribution in [1.29, 1.82) is 0 Å². The normalized spacial score (nSPS) is 21.0. The number of hydrogen-bond acceptors (Lipinski definition) is 4. The highest BCUT2D eigenvalue weighted by atomic mass is 32.2. The summed E-state index contributed by atoms with van der Waals surface area (Å²) in [4.78, 5) is 0. The molecule has 0 radical (unpaired) electrons. The predicted octanol–water partition coefficient (Wildman–Crippen LogP) is 1.05. The van der Waals surface area contributed by atoms with E-state index in [-0.39, 0.29) is 6.04 Å². The molecule has 1 N–H and O–H groups in total. The first-order valence-electron chi connectivity index (χ1n) is 7.96. The molecule has 1 aliphatic heterocycles. The topological polar surface area (TPSA) is 61.9 Å². The third kappa shape index (κ3) is 5.83. The number of methoxy groups -OCH3 is 1. The molecule has 1 rings (SSSR count). The molecule has 0 amide bonds. The monoisotopic (exact) mass is 321 g/mol. The molecule has 1 heterocycles. The van der Waals surface area contributed by atoms with Crippen molar-refractivity contribution < 1.29 is 13.2 Å². The van der Waals surface area contributed by atoms with Crippen LogP contribution < -0.4 is 5.32 Å². The zero-order valence-electron chi connectivity index (χ0n) is 13.7. The summed E-state index contributed by atoms with van der Waals surface area (Å²) in [6.07, 6.45) is 4.80. The van der Waals surface area contributed by atoms with Crippen molar-refractivity contribution in [3.05, 3.63) is 0 Å². The minimum atomic E-state index is -3.36. The van der Waals surface area contributed by atoms with Gasteiger partial charge in [0, 0.05) is 46.4 Å². The van der Waals surface area contributed by atoms with Crippen LogP contribution in [0.1, 0.15) is 39.0 Å². The van der Waals surface area contributed by atoms with E-state index in [1.54, 1.807) is 18.5 Å². The second kappa shape index (κ2) is 9.74. The first kappa shape index (κ1) is 18.8. The summed E-state index contributed by atoms with van der Waals surface area (Å²) in [6, 6.07) is 0.0835. The molecule has 1 saturated heterocycles. The lowest BCUT2D eigenvalue weighted by Gasteiger charge is -2.37. The largest absolute Gasteiger partial charge is 0.385 e. The zero-order chi connectivity index (χ0) is 15.7. The number of nitrogens with zero attached hydrogens (tertiary/aromatic N) is 2. The van der Waals surface area contributed by atoms with Gasteiger partial charge >= 0.3 is 0 Å². The Balaban J connectivity index is 2.63. The lowest BCUT2D eigenvalue weighted by atomic mass is 10.1. The van der Waals surface area contributed by atoms with E-state index in [1.165, 1.54) is 4.31 Å². The lowest BCUT2D eigenvalue weighted by molar-refractivity contribution is 0.186. The zero-order valence-corrected chi connectivity index (χ0v) is 14.5. The number of rotatable bonds is 10. The van der Waals surface area contributed by atoms with Crippen LogP contribution in [-0.4, -0.2) is 70.0 Å². The van der Waals surface area contributed by atoms with Gasteiger partial charge in [0.1, 0.15) is 0 Å². The number of ether oxygens (including phenoxy) is 1. The minimum absolute atomic E-state index is 0.0835. The van der Waals surface area contributed by atoms with Crippen molar-refractivity contribution in [1.82, 2.24) is 13.9 Å². The van der Waals surface area contributed by atoms with Gasteiger partial charge in [-0.3, -0.25) is 0 Å². The van der Waals surface area contributed by atoms with Crippen molar-refractivity contribution in [2.45, 2.75) is 45.1 Å². The molecule has 21 heavy (non-hydrogen) atoms. The lowest BCUT2D eigenvalue weighted by Crippen LogP contribution is -2.53. The molecule has 1 unspecified atom stereocenters. The fraction of sp³-hybridized carbons (Fsp3) is 1.00. The van der Waals surface area contributed by atoms with Gasteiger partial charge in [-0.05, 0) is 32.2 Å². The quantitative estimate of drug-likeness (QED) is 0.611. The molecule has 0 aromatic rings. The van der Waals surface area contributed by atoms with E-state index in [2.05, 4.69) is 12.2 Å². The van der Waals surface area contributed by atoms with Crippen LogP contribution in [0.25, 0.3) is 0 Å². The van der Waals surface area contributed by atoms with Crippen molar-refractivity contribution in [2.24, 2.45) is 0 Å². The number of hydrogen-bond donors (Lipinski definition) is 1. The Labute approximate surface area is 130 Å². The van der Waals surface area contributed by atoms with Crippen LogP contribution in [0.3, 0.4) is 0 Å². The Kier molecular flexibility index (Phi) is 8.73. The van der Waals surface area contributed by atoms with Gasteiger partial charge in [0.2, 0.25) is 0 Å². The summed E-state index contributed by atoms with van der Waals surface area (Å²) in [5, 5.41) is 3.35. The van der Waals surface area contributed by atoms with Gasteiger partial charge in [-0.25, -0.2) is 0 Å². The van der Waals surface area contributed by atoms with Crippen molar-refractivity contribution in [3.8, 4) is 0 Å². The van der Waals surface area contributed by atoms with Crippen LogP contribution in [0.2, 0.25) is 0 Å². The molecule has 7 heteroatoms. The van der Waals surface area contributed by atoms with Gasteiger partial charge in [-0.1, -0.05) is 13.3 Å². The van der Waals surface area contributed by atoms with E-state index < -0.39 is 10.2 Å². The summed E-state index contributed by atoms with van der Waals surface area (Å²) in [5.41, 5.74) is 0. The summed E-state index contributed by atoms with van der Waals surface area (Å²) >= 11 is 0. The summed E-state index contributed by atoms with van der Waals surface area (Å²) in [7, 11) is -0.0614. The average molecular weight is 321 g/mol. The summed E-state index contributed by atoms with van der Waals surface area (Å²) in [6.45, 7) is 5.53. The van der Waals surface area contributed by atoms with Gasteiger partial charge in [-0.2, -0.15) is 17.0 Å². The average Bonchev–Trinajstić information content (AvgIpc) is 2.48. The molecule has 1 aliphatic rings. The molecule has 0 aromatic carbocycles. The maximum absolute atomic E-state index is 12.7. The maximum Gasteiger partial charge on any atom is 0.282 e. The highest BCUT2D eigenvalue weighted by molar-refractivity contribution is 7.86.